The van der Waals surface area contributed by atoms with Gasteiger partial charge in [-0.15, -0.1) is 0 Å². The van der Waals surface area contributed by atoms with E-state index in [1.54, 1.807) is 0 Å². The number of ether oxygens (including phenoxy) is 4. The molecule has 0 radical (unpaired) electrons. The summed E-state index contributed by atoms with van der Waals surface area (Å²) in [5.41, 5.74) is 0. The number of phosphoric acid groups is 2. The molecule has 19 heteroatoms. The lowest BCUT2D eigenvalue weighted by Gasteiger charge is -2.21. The van der Waals surface area contributed by atoms with E-state index in [2.05, 4.69) is 41.5 Å². The average molecular weight is 1510 g/mol. The van der Waals surface area contributed by atoms with Crippen LogP contribution in [0.2, 0.25) is 0 Å². The van der Waals surface area contributed by atoms with Crippen LogP contribution in [-0.2, 0) is 65.4 Å². The van der Waals surface area contributed by atoms with E-state index < -0.39 is 97.5 Å². The quantitative estimate of drug-likeness (QED) is 0.0222. The van der Waals surface area contributed by atoms with Crippen molar-refractivity contribution < 1.29 is 80.2 Å². The van der Waals surface area contributed by atoms with Crippen LogP contribution in [0.15, 0.2) is 0 Å². The molecule has 3 N–H and O–H groups in total. The number of carbonyl (C=O) groups excluding carboxylic acids is 4. The van der Waals surface area contributed by atoms with Crippen molar-refractivity contribution in [1.82, 2.24) is 0 Å². The molecule has 3 unspecified atom stereocenters. The molecule has 0 aliphatic heterocycles. The maximum Gasteiger partial charge on any atom is 0.472 e. The van der Waals surface area contributed by atoms with E-state index in [0.29, 0.717) is 25.7 Å². The third-order valence-corrected chi connectivity index (χ3v) is 22.0. The minimum Gasteiger partial charge on any atom is -0.462 e. The molecular formula is C84H164O17P2. The van der Waals surface area contributed by atoms with Gasteiger partial charge in [-0.25, -0.2) is 9.13 Å². The molecule has 0 spiro atoms. The predicted molar refractivity (Wildman–Crippen MR) is 423 cm³/mol. The van der Waals surface area contributed by atoms with Crippen LogP contribution in [0.1, 0.15) is 446 Å². The third kappa shape index (κ3) is 76.6. The van der Waals surface area contributed by atoms with Crippen LogP contribution in [0.3, 0.4) is 0 Å². The van der Waals surface area contributed by atoms with Gasteiger partial charge in [-0.3, -0.25) is 37.3 Å². The van der Waals surface area contributed by atoms with E-state index in [1.165, 1.54) is 257 Å². The molecule has 0 aliphatic rings. The first-order valence-electron chi connectivity index (χ1n) is 43.5. The zero-order chi connectivity index (χ0) is 75.6. The first-order chi connectivity index (χ1) is 49.9. The highest BCUT2D eigenvalue weighted by Gasteiger charge is 2.30. The van der Waals surface area contributed by atoms with E-state index in [9.17, 15) is 43.2 Å². The van der Waals surface area contributed by atoms with Crippen LogP contribution in [0.5, 0.6) is 0 Å². The van der Waals surface area contributed by atoms with E-state index in [-0.39, 0.29) is 25.7 Å². The zero-order valence-corrected chi connectivity index (χ0v) is 69.4. The molecule has 0 rings (SSSR count). The molecule has 0 aromatic heterocycles. The summed E-state index contributed by atoms with van der Waals surface area (Å²) < 4.78 is 68.8. The van der Waals surface area contributed by atoms with Crippen LogP contribution in [0, 0.1) is 11.8 Å². The molecule has 612 valence electrons. The maximum absolute atomic E-state index is 13.1. The van der Waals surface area contributed by atoms with Gasteiger partial charge in [0.05, 0.1) is 26.4 Å². The molecular weight excluding hydrogens is 1340 g/mol. The fraction of sp³-hybridized carbons (Fsp3) is 0.952. The van der Waals surface area contributed by atoms with E-state index in [0.717, 1.165) is 108 Å². The summed E-state index contributed by atoms with van der Waals surface area (Å²) in [6.07, 6.45) is 66.6. The largest absolute Gasteiger partial charge is 0.472 e. The molecule has 0 aromatic rings. The lowest BCUT2D eigenvalue weighted by Crippen LogP contribution is -2.30. The number of rotatable bonds is 83. The van der Waals surface area contributed by atoms with Gasteiger partial charge in [-0.1, -0.05) is 395 Å². The Labute approximate surface area is 632 Å². The van der Waals surface area contributed by atoms with Gasteiger partial charge in [0.1, 0.15) is 19.3 Å². The number of esters is 4. The fourth-order valence-corrected chi connectivity index (χ4v) is 14.6. The summed E-state index contributed by atoms with van der Waals surface area (Å²) in [6.45, 7) is 9.72. The Bertz CT molecular complexity index is 1980. The summed E-state index contributed by atoms with van der Waals surface area (Å²) in [5, 5.41) is 10.7. The maximum atomic E-state index is 13.1. The monoisotopic (exact) mass is 1510 g/mol. The Morgan fingerprint density at radius 1 is 0.282 bits per heavy atom. The molecule has 0 bridgehead atoms. The van der Waals surface area contributed by atoms with Gasteiger partial charge < -0.3 is 33.8 Å². The Morgan fingerprint density at radius 3 is 0.738 bits per heavy atom. The van der Waals surface area contributed by atoms with Crippen molar-refractivity contribution >= 4 is 39.5 Å². The van der Waals surface area contributed by atoms with Gasteiger partial charge in [-0.2, -0.15) is 0 Å². The van der Waals surface area contributed by atoms with Crippen LogP contribution in [-0.4, -0.2) is 96.7 Å². The topological polar surface area (TPSA) is 237 Å². The number of phosphoric ester groups is 2. The molecule has 0 heterocycles. The number of carbonyl (C=O) groups is 4. The second-order valence-electron chi connectivity index (χ2n) is 30.9. The molecule has 0 saturated carbocycles. The SMILES string of the molecule is CCCCCCCCCCCCCCCCCCCCC(=O)O[C@H](COC(=O)CCCCCCCCCC)COP(=O)(O)OC[C@H](O)COP(=O)(O)OC[C@@H](COC(=O)CCCCCCCCCCCCCCCCC(C)CC)OC(=O)CCCCCCCCCCCCCCCCCCC(C)C. The summed E-state index contributed by atoms with van der Waals surface area (Å²) in [5.74, 6) is -0.447. The molecule has 0 saturated heterocycles. The Morgan fingerprint density at radius 2 is 0.495 bits per heavy atom. The minimum atomic E-state index is -4.96. The molecule has 0 aliphatic carbocycles. The molecule has 0 fully saturated rings. The predicted octanol–water partition coefficient (Wildman–Crippen LogP) is 25.5. The normalized spacial score (nSPS) is 14.1. The summed E-state index contributed by atoms with van der Waals surface area (Å²) in [7, 11) is -9.92. The van der Waals surface area contributed by atoms with Gasteiger partial charge in [0, 0.05) is 25.7 Å². The van der Waals surface area contributed by atoms with Crippen LogP contribution >= 0.6 is 15.6 Å². The fourth-order valence-electron chi connectivity index (χ4n) is 13.0. The van der Waals surface area contributed by atoms with E-state index in [1.807, 2.05) is 0 Å². The minimum absolute atomic E-state index is 0.108. The lowest BCUT2D eigenvalue weighted by molar-refractivity contribution is -0.161. The van der Waals surface area contributed by atoms with Gasteiger partial charge in [0.25, 0.3) is 0 Å². The molecule has 6 atom stereocenters. The van der Waals surface area contributed by atoms with Gasteiger partial charge >= 0.3 is 39.5 Å². The third-order valence-electron chi connectivity index (χ3n) is 20.1. The molecule has 0 aromatic carbocycles. The lowest BCUT2D eigenvalue weighted by atomic mass is 9.99. The Balaban J connectivity index is 5.19. The zero-order valence-electron chi connectivity index (χ0n) is 67.6. The van der Waals surface area contributed by atoms with Crippen molar-refractivity contribution in [1.29, 1.82) is 0 Å². The van der Waals surface area contributed by atoms with E-state index in [4.69, 9.17) is 37.0 Å². The van der Waals surface area contributed by atoms with E-state index >= 15 is 0 Å². The highest BCUT2D eigenvalue weighted by atomic mass is 31.2. The summed E-state index contributed by atoms with van der Waals surface area (Å²) in [6, 6.07) is 0. The Hall–Kier alpha value is -1.94. The smallest absolute Gasteiger partial charge is 0.462 e. The standard InChI is InChI=1S/C84H164O17P2/c1-7-10-12-14-16-18-19-20-21-22-23-27-34-39-44-50-56-62-68-83(88)100-79(72-94-81(86)66-60-54-48-17-15-13-11-8-2)74-98-102(90,91)96-70-78(85)71-97-103(92,93)99-75-80(73-95-82(87)67-61-55-49-43-38-33-30-29-32-37-42-47-53-59-65-77(6)9-3)101-84(89)69-63-57-51-45-40-35-28-25-24-26-31-36-41-46-52-58-64-76(4)5/h76-80,85H,7-75H2,1-6H3,(H,90,91)(H,92,93)/t77?,78-,79+,80+/m0/s1. The molecule has 17 nitrogen and oxygen atoms in total. The van der Waals surface area contributed by atoms with Crippen molar-refractivity contribution in [2.45, 2.75) is 464 Å². The second kappa shape index (κ2) is 75.5. The number of aliphatic hydroxyl groups excluding tert-OH is 1. The van der Waals surface area contributed by atoms with Crippen molar-refractivity contribution in [3.8, 4) is 0 Å². The van der Waals surface area contributed by atoms with Gasteiger partial charge in [0.15, 0.2) is 12.2 Å². The molecule has 103 heavy (non-hydrogen) atoms. The van der Waals surface area contributed by atoms with Crippen LogP contribution in [0.4, 0.5) is 0 Å². The van der Waals surface area contributed by atoms with Crippen LogP contribution < -0.4 is 0 Å². The first kappa shape index (κ1) is 101. The highest BCUT2D eigenvalue weighted by Crippen LogP contribution is 2.45. The van der Waals surface area contributed by atoms with Crippen molar-refractivity contribution in [3.63, 3.8) is 0 Å². The summed E-state index contributed by atoms with van der Waals surface area (Å²) in [4.78, 5) is 73.1. The number of hydrogen-bond donors (Lipinski definition) is 3. The Kier molecular flexibility index (Phi) is 74.1. The van der Waals surface area contributed by atoms with Crippen molar-refractivity contribution in [3.05, 3.63) is 0 Å². The second-order valence-corrected chi connectivity index (χ2v) is 33.8. The number of unbranched alkanes of at least 4 members (excludes halogenated alkanes) is 52. The van der Waals surface area contributed by atoms with Crippen molar-refractivity contribution in [2.24, 2.45) is 11.8 Å². The van der Waals surface area contributed by atoms with Gasteiger partial charge in [0.2, 0.25) is 0 Å². The molecule has 0 amide bonds. The average Bonchev–Trinajstić information content (AvgIpc) is 0.925. The highest BCUT2D eigenvalue weighted by molar-refractivity contribution is 7.47. The first-order valence-corrected chi connectivity index (χ1v) is 46.5. The number of aliphatic hydroxyl groups is 1. The number of hydrogen-bond acceptors (Lipinski definition) is 15. The van der Waals surface area contributed by atoms with Gasteiger partial charge in [-0.05, 0) is 37.5 Å². The summed E-state index contributed by atoms with van der Waals surface area (Å²) >= 11 is 0. The van der Waals surface area contributed by atoms with Crippen LogP contribution in [0.25, 0.3) is 0 Å². The van der Waals surface area contributed by atoms with Crippen molar-refractivity contribution in [2.75, 3.05) is 39.6 Å².